The molecule has 1 nitrogen and oxygen atoms in total. The van der Waals surface area contributed by atoms with E-state index >= 15 is 0 Å². The minimum atomic E-state index is 0.847. The van der Waals surface area contributed by atoms with Gasteiger partial charge in [-0.1, -0.05) is 6.92 Å². The topological polar surface area (TPSA) is 3.01 Å². The molecule has 0 amide bonds. The van der Waals surface area contributed by atoms with E-state index in [9.17, 15) is 0 Å². The third-order valence-electron chi connectivity index (χ3n) is 1.70. The van der Waals surface area contributed by atoms with Crippen LogP contribution in [0.4, 0.5) is 0 Å². The number of rotatable bonds is 2. The molecule has 1 heterocycles. The van der Waals surface area contributed by atoms with Crippen molar-refractivity contribution in [3.8, 4) is 0 Å². The van der Waals surface area contributed by atoms with Gasteiger partial charge in [-0.2, -0.15) is 0 Å². The summed E-state index contributed by atoms with van der Waals surface area (Å²) in [5.74, 6) is 0. The molecule has 0 aromatic heterocycles. The molecule has 1 aliphatic heterocycles. The second-order valence-electron chi connectivity index (χ2n) is 2.29. The Kier molecular flexibility index (Phi) is 1.33. The fourth-order valence-corrected chi connectivity index (χ4v) is 0.757. The molecule has 0 spiro atoms. The van der Waals surface area contributed by atoms with Crippen molar-refractivity contribution >= 4 is 0 Å². The van der Waals surface area contributed by atoms with E-state index in [0.717, 1.165) is 6.04 Å². The molecule has 1 saturated heterocycles. The Labute approximate surface area is 45.3 Å². The molecule has 0 saturated carbocycles. The molecule has 7 heavy (non-hydrogen) atoms. The molecular formula is C6H13N. The van der Waals surface area contributed by atoms with Gasteiger partial charge in [0.15, 0.2) is 0 Å². The van der Waals surface area contributed by atoms with Gasteiger partial charge in [0, 0.05) is 19.1 Å². The van der Waals surface area contributed by atoms with Gasteiger partial charge in [0.25, 0.3) is 0 Å². The minimum Gasteiger partial charge on any atom is -0.298 e. The van der Waals surface area contributed by atoms with Crippen molar-refractivity contribution in [2.24, 2.45) is 0 Å². The van der Waals surface area contributed by atoms with Crippen LogP contribution >= 0.6 is 0 Å². The molecule has 42 valence electrons. The lowest BCUT2D eigenvalue weighted by atomic mass is 10.3. The first-order valence-corrected chi connectivity index (χ1v) is 3.08. The average Bonchev–Trinajstić information content (AvgIpc) is 2.44. The highest BCUT2D eigenvalue weighted by Gasteiger charge is 2.21. The number of nitrogens with zero attached hydrogens (tertiary/aromatic N) is 1. The van der Waals surface area contributed by atoms with E-state index in [0.29, 0.717) is 0 Å². The van der Waals surface area contributed by atoms with Gasteiger partial charge in [-0.15, -0.1) is 0 Å². The summed E-state index contributed by atoms with van der Waals surface area (Å²) in [6, 6.07) is 0.847. The van der Waals surface area contributed by atoms with Crippen LogP contribution in [0.25, 0.3) is 0 Å². The normalized spacial score (nSPS) is 24.9. The Balaban J connectivity index is 2.10. The Hall–Kier alpha value is -0.0400. The summed E-state index contributed by atoms with van der Waals surface area (Å²) in [5, 5.41) is 0. The highest BCUT2D eigenvalue weighted by Crippen LogP contribution is 2.11. The van der Waals surface area contributed by atoms with E-state index in [2.05, 4.69) is 18.7 Å². The molecule has 0 N–H and O–H groups in total. The van der Waals surface area contributed by atoms with Crippen molar-refractivity contribution in [3.05, 3.63) is 0 Å². The van der Waals surface area contributed by atoms with E-state index in [1.54, 1.807) is 0 Å². The lowest BCUT2D eigenvalue weighted by molar-refractivity contribution is 0.417. The monoisotopic (exact) mass is 99.1 g/mol. The number of hydrogen-bond acceptors (Lipinski definition) is 1. The fourth-order valence-electron chi connectivity index (χ4n) is 0.757. The second kappa shape index (κ2) is 1.83. The molecule has 1 fully saturated rings. The van der Waals surface area contributed by atoms with Crippen molar-refractivity contribution in [2.75, 3.05) is 13.1 Å². The van der Waals surface area contributed by atoms with Crippen LogP contribution in [-0.4, -0.2) is 24.0 Å². The molecule has 0 aromatic rings. The molecule has 1 atom stereocenters. The van der Waals surface area contributed by atoms with E-state index in [4.69, 9.17) is 0 Å². The summed E-state index contributed by atoms with van der Waals surface area (Å²) in [5.41, 5.74) is 0. The second-order valence-corrected chi connectivity index (χ2v) is 2.29. The zero-order valence-electron chi connectivity index (χ0n) is 5.15. The van der Waals surface area contributed by atoms with Crippen molar-refractivity contribution in [2.45, 2.75) is 26.3 Å². The predicted molar refractivity (Wildman–Crippen MR) is 31.3 cm³/mol. The zero-order valence-corrected chi connectivity index (χ0v) is 5.15. The van der Waals surface area contributed by atoms with Crippen LogP contribution in [0.1, 0.15) is 20.3 Å². The maximum Gasteiger partial charge on any atom is 0.0113 e. The summed E-state index contributed by atoms with van der Waals surface area (Å²) >= 11 is 0. The van der Waals surface area contributed by atoms with Crippen molar-refractivity contribution < 1.29 is 0 Å². The first-order valence-electron chi connectivity index (χ1n) is 3.08. The van der Waals surface area contributed by atoms with Crippen LogP contribution in [0.3, 0.4) is 0 Å². The Morgan fingerprint density at radius 1 is 1.57 bits per heavy atom. The molecule has 1 heteroatoms. The maximum absolute atomic E-state index is 2.47. The first-order chi connectivity index (χ1) is 3.34. The number of hydrogen-bond donors (Lipinski definition) is 0. The molecule has 0 aliphatic carbocycles. The van der Waals surface area contributed by atoms with E-state index in [1.807, 2.05) is 0 Å². The van der Waals surface area contributed by atoms with Gasteiger partial charge in [-0.05, 0) is 13.3 Å². The fraction of sp³-hybridized carbons (Fsp3) is 1.00. The van der Waals surface area contributed by atoms with Gasteiger partial charge in [0.1, 0.15) is 0 Å². The van der Waals surface area contributed by atoms with Gasteiger partial charge in [-0.25, -0.2) is 0 Å². The Morgan fingerprint density at radius 2 is 2.14 bits per heavy atom. The predicted octanol–water partition coefficient (Wildman–Crippen LogP) is 1.10. The molecule has 0 bridgehead atoms. The third kappa shape index (κ3) is 1.16. The Bertz CT molecular complexity index is 57.2. The van der Waals surface area contributed by atoms with Crippen LogP contribution in [0.5, 0.6) is 0 Å². The minimum absolute atomic E-state index is 0.847. The lowest BCUT2D eigenvalue weighted by Gasteiger charge is -2.06. The Morgan fingerprint density at radius 3 is 2.29 bits per heavy atom. The van der Waals surface area contributed by atoms with Gasteiger partial charge in [0.05, 0.1) is 0 Å². The SMILES string of the molecule is CCC(C)N1CC1. The highest BCUT2D eigenvalue weighted by atomic mass is 15.3. The summed E-state index contributed by atoms with van der Waals surface area (Å²) in [6.07, 6.45) is 1.31. The summed E-state index contributed by atoms with van der Waals surface area (Å²) in [7, 11) is 0. The van der Waals surface area contributed by atoms with Crippen LogP contribution in [-0.2, 0) is 0 Å². The molecule has 1 unspecified atom stereocenters. The van der Waals surface area contributed by atoms with Gasteiger partial charge in [-0.3, -0.25) is 4.90 Å². The molecule has 1 aliphatic rings. The van der Waals surface area contributed by atoms with Crippen LogP contribution in [0, 0.1) is 0 Å². The van der Waals surface area contributed by atoms with Gasteiger partial charge >= 0.3 is 0 Å². The lowest BCUT2D eigenvalue weighted by Crippen LogP contribution is -2.11. The summed E-state index contributed by atoms with van der Waals surface area (Å²) < 4.78 is 0. The molecule has 0 aromatic carbocycles. The van der Waals surface area contributed by atoms with Gasteiger partial charge in [0.2, 0.25) is 0 Å². The van der Waals surface area contributed by atoms with Crippen LogP contribution in [0.2, 0.25) is 0 Å². The van der Waals surface area contributed by atoms with Crippen molar-refractivity contribution in [3.63, 3.8) is 0 Å². The first kappa shape index (κ1) is 5.10. The zero-order chi connectivity index (χ0) is 5.28. The van der Waals surface area contributed by atoms with Crippen LogP contribution in [0.15, 0.2) is 0 Å². The van der Waals surface area contributed by atoms with E-state index in [1.165, 1.54) is 19.5 Å². The maximum atomic E-state index is 2.47. The van der Waals surface area contributed by atoms with Crippen molar-refractivity contribution in [1.29, 1.82) is 0 Å². The van der Waals surface area contributed by atoms with Crippen LogP contribution < -0.4 is 0 Å². The molecule has 0 radical (unpaired) electrons. The van der Waals surface area contributed by atoms with E-state index in [-0.39, 0.29) is 0 Å². The summed E-state index contributed by atoms with van der Waals surface area (Å²) in [4.78, 5) is 2.47. The quantitative estimate of drug-likeness (QED) is 0.468. The molecule has 1 rings (SSSR count). The highest BCUT2D eigenvalue weighted by molar-refractivity contribution is 4.77. The van der Waals surface area contributed by atoms with Gasteiger partial charge < -0.3 is 0 Å². The average molecular weight is 99.2 g/mol. The largest absolute Gasteiger partial charge is 0.298 e. The smallest absolute Gasteiger partial charge is 0.0113 e. The third-order valence-corrected chi connectivity index (χ3v) is 1.70. The summed E-state index contributed by atoms with van der Waals surface area (Å²) in [6.45, 7) is 7.21. The van der Waals surface area contributed by atoms with Crippen molar-refractivity contribution in [1.82, 2.24) is 4.90 Å². The van der Waals surface area contributed by atoms with E-state index < -0.39 is 0 Å². The molecular weight excluding hydrogens is 86.1 g/mol. The standard InChI is InChI=1S/C6H13N/c1-3-6(2)7-4-5-7/h6H,3-5H2,1-2H3.